The molecule has 1 aliphatic rings. The number of rotatable bonds is 3. The summed E-state index contributed by atoms with van der Waals surface area (Å²) < 4.78 is 5.32. The molecule has 2 nitrogen and oxygen atoms in total. The Hall–Kier alpha value is -1.57. The Morgan fingerprint density at radius 1 is 1.44 bits per heavy atom. The van der Waals surface area contributed by atoms with Gasteiger partial charge in [0, 0.05) is 0 Å². The lowest BCUT2D eigenvalue weighted by Gasteiger charge is -2.24. The smallest absolute Gasteiger partial charge is 0.311 e. The standard InChI is InChI=1S/C16H20O2/c1-11(2)5-4-6-13-10-16(17)18-15-9-12(3)7-8-14(13)15/h5,7-9,13H,4,6,10H2,1-3H3. The fraction of sp³-hybridized carbons (Fsp3) is 0.438. The van der Waals surface area contributed by atoms with Crippen LogP contribution in [-0.2, 0) is 4.79 Å². The van der Waals surface area contributed by atoms with Crippen molar-refractivity contribution in [2.75, 3.05) is 0 Å². The molecule has 0 aliphatic carbocycles. The number of hydrogen-bond acceptors (Lipinski definition) is 2. The Kier molecular flexibility index (Phi) is 3.85. The molecule has 0 saturated carbocycles. The second-order valence-electron chi connectivity index (χ2n) is 5.28. The number of carbonyl (C=O) groups is 1. The van der Waals surface area contributed by atoms with Gasteiger partial charge in [-0.25, -0.2) is 0 Å². The van der Waals surface area contributed by atoms with Gasteiger partial charge in [-0.1, -0.05) is 23.8 Å². The Morgan fingerprint density at radius 3 is 2.94 bits per heavy atom. The van der Waals surface area contributed by atoms with E-state index in [0.717, 1.165) is 24.2 Å². The Balaban J connectivity index is 2.17. The summed E-state index contributed by atoms with van der Waals surface area (Å²) in [7, 11) is 0. The van der Waals surface area contributed by atoms with E-state index >= 15 is 0 Å². The minimum absolute atomic E-state index is 0.102. The van der Waals surface area contributed by atoms with Gasteiger partial charge in [-0.3, -0.25) is 4.79 Å². The highest BCUT2D eigenvalue weighted by Crippen LogP contribution is 2.37. The number of aryl methyl sites for hydroxylation is 1. The molecule has 1 atom stereocenters. The van der Waals surface area contributed by atoms with Crippen molar-refractivity contribution in [1.29, 1.82) is 0 Å². The van der Waals surface area contributed by atoms with Crippen LogP contribution < -0.4 is 4.74 Å². The van der Waals surface area contributed by atoms with E-state index in [9.17, 15) is 4.79 Å². The van der Waals surface area contributed by atoms with Crippen LogP contribution in [0.15, 0.2) is 29.8 Å². The van der Waals surface area contributed by atoms with E-state index in [4.69, 9.17) is 4.74 Å². The first-order chi connectivity index (χ1) is 8.56. The molecule has 0 spiro atoms. The lowest BCUT2D eigenvalue weighted by molar-refractivity contribution is -0.135. The van der Waals surface area contributed by atoms with Gasteiger partial charge in [-0.15, -0.1) is 0 Å². The molecule has 0 radical (unpaired) electrons. The Bertz CT molecular complexity index is 482. The van der Waals surface area contributed by atoms with Gasteiger partial charge in [-0.2, -0.15) is 0 Å². The van der Waals surface area contributed by atoms with Crippen LogP contribution in [0.25, 0.3) is 0 Å². The summed E-state index contributed by atoms with van der Waals surface area (Å²) in [6.07, 6.45) is 4.77. The van der Waals surface area contributed by atoms with Crippen molar-refractivity contribution in [1.82, 2.24) is 0 Å². The fourth-order valence-electron chi connectivity index (χ4n) is 2.37. The van der Waals surface area contributed by atoms with Gasteiger partial charge in [0.1, 0.15) is 5.75 Å². The predicted molar refractivity (Wildman–Crippen MR) is 72.8 cm³/mol. The normalized spacial score (nSPS) is 17.9. The summed E-state index contributed by atoms with van der Waals surface area (Å²) in [5.41, 5.74) is 3.64. The van der Waals surface area contributed by atoms with Gasteiger partial charge < -0.3 is 4.74 Å². The van der Waals surface area contributed by atoms with Crippen molar-refractivity contribution in [3.8, 4) is 5.75 Å². The molecule has 18 heavy (non-hydrogen) atoms. The van der Waals surface area contributed by atoms with Crippen LogP contribution in [0.5, 0.6) is 5.75 Å². The lowest BCUT2D eigenvalue weighted by Crippen LogP contribution is -2.20. The van der Waals surface area contributed by atoms with Gasteiger partial charge in [0.25, 0.3) is 0 Å². The summed E-state index contributed by atoms with van der Waals surface area (Å²) in [4.78, 5) is 11.6. The third kappa shape index (κ3) is 3.00. The van der Waals surface area contributed by atoms with Crippen LogP contribution in [0.3, 0.4) is 0 Å². The molecule has 1 unspecified atom stereocenters. The maximum atomic E-state index is 11.6. The summed E-state index contributed by atoms with van der Waals surface area (Å²) in [6, 6.07) is 6.15. The SMILES string of the molecule is CC(C)=CCCC1CC(=O)Oc2cc(C)ccc21. The molecule has 0 aromatic heterocycles. The van der Waals surface area contributed by atoms with Crippen LogP contribution in [0.1, 0.15) is 50.2 Å². The van der Waals surface area contributed by atoms with Gasteiger partial charge >= 0.3 is 5.97 Å². The molecule has 0 amide bonds. The van der Waals surface area contributed by atoms with Gasteiger partial charge in [0.15, 0.2) is 0 Å². The molecule has 0 fully saturated rings. The highest BCUT2D eigenvalue weighted by Gasteiger charge is 2.26. The minimum atomic E-state index is -0.102. The van der Waals surface area contributed by atoms with Crippen LogP contribution in [-0.4, -0.2) is 5.97 Å². The molecular formula is C16H20O2. The van der Waals surface area contributed by atoms with E-state index in [1.165, 1.54) is 11.1 Å². The summed E-state index contributed by atoms with van der Waals surface area (Å²) in [6.45, 7) is 6.22. The van der Waals surface area contributed by atoms with Crippen LogP contribution in [0.4, 0.5) is 0 Å². The maximum Gasteiger partial charge on any atom is 0.311 e. The van der Waals surface area contributed by atoms with E-state index < -0.39 is 0 Å². The molecule has 0 bridgehead atoms. The maximum absolute atomic E-state index is 11.6. The quantitative estimate of drug-likeness (QED) is 0.454. The second kappa shape index (κ2) is 5.38. The number of ether oxygens (including phenoxy) is 1. The van der Waals surface area contributed by atoms with E-state index in [1.807, 2.05) is 13.0 Å². The van der Waals surface area contributed by atoms with E-state index in [-0.39, 0.29) is 5.97 Å². The molecule has 1 aromatic rings. The highest BCUT2D eigenvalue weighted by molar-refractivity contribution is 5.76. The number of esters is 1. The number of fused-ring (bicyclic) bond motifs is 1. The van der Waals surface area contributed by atoms with Crippen LogP contribution in [0, 0.1) is 6.92 Å². The second-order valence-corrected chi connectivity index (χ2v) is 5.28. The first kappa shape index (κ1) is 12.9. The largest absolute Gasteiger partial charge is 0.426 e. The molecule has 1 aliphatic heterocycles. The first-order valence-electron chi connectivity index (χ1n) is 6.51. The van der Waals surface area contributed by atoms with Gasteiger partial charge in [-0.05, 0) is 56.7 Å². The van der Waals surface area contributed by atoms with Crippen molar-refractivity contribution < 1.29 is 9.53 Å². The number of hydrogen-bond donors (Lipinski definition) is 0. The van der Waals surface area contributed by atoms with Crippen molar-refractivity contribution in [3.05, 3.63) is 41.0 Å². The lowest BCUT2D eigenvalue weighted by atomic mass is 9.88. The molecule has 2 heteroatoms. The molecule has 96 valence electrons. The van der Waals surface area contributed by atoms with E-state index in [0.29, 0.717) is 12.3 Å². The number of allylic oxidation sites excluding steroid dienone is 2. The molecule has 1 aromatic carbocycles. The minimum Gasteiger partial charge on any atom is -0.426 e. The Labute approximate surface area is 109 Å². The summed E-state index contributed by atoms with van der Waals surface area (Å²) in [5.74, 6) is 0.959. The van der Waals surface area contributed by atoms with Gasteiger partial charge in [0.2, 0.25) is 0 Å². The number of carbonyl (C=O) groups excluding carboxylic acids is 1. The first-order valence-corrected chi connectivity index (χ1v) is 6.51. The number of benzene rings is 1. The van der Waals surface area contributed by atoms with Crippen molar-refractivity contribution in [3.63, 3.8) is 0 Å². The van der Waals surface area contributed by atoms with Crippen LogP contribution >= 0.6 is 0 Å². The molecule has 0 N–H and O–H groups in total. The monoisotopic (exact) mass is 244 g/mol. The van der Waals surface area contributed by atoms with Crippen molar-refractivity contribution in [2.24, 2.45) is 0 Å². The zero-order valence-electron chi connectivity index (χ0n) is 11.3. The third-order valence-corrected chi connectivity index (χ3v) is 3.31. The molecular weight excluding hydrogens is 224 g/mol. The average molecular weight is 244 g/mol. The Morgan fingerprint density at radius 2 is 2.22 bits per heavy atom. The van der Waals surface area contributed by atoms with E-state index in [2.05, 4.69) is 32.1 Å². The third-order valence-electron chi connectivity index (χ3n) is 3.31. The summed E-state index contributed by atoms with van der Waals surface area (Å²) >= 11 is 0. The van der Waals surface area contributed by atoms with Gasteiger partial charge in [0.05, 0.1) is 6.42 Å². The fourth-order valence-corrected chi connectivity index (χ4v) is 2.37. The van der Waals surface area contributed by atoms with Crippen LogP contribution in [0.2, 0.25) is 0 Å². The average Bonchev–Trinajstić information content (AvgIpc) is 2.27. The van der Waals surface area contributed by atoms with Crippen molar-refractivity contribution >= 4 is 5.97 Å². The topological polar surface area (TPSA) is 26.3 Å². The van der Waals surface area contributed by atoms with Crippen molar-refractivity contribution in [2.45, 2.75) is 46.0 Å². The highest BCUT2D eigenvalue weighted by atomic mass is 16.5. The molecule has 1 heterocycles. The van der Waals surface area contributed by atoms with E-state index in [1.54, 1.807) is 0 Å². The molecule has 0 saturated heterocycles. The zero-order valence-corrected chi connectivity index (χ0v) is 11.3. The summed E-state index contributed by atoms with van der Waals surface area (Å²) in [5, 5.41) is 0. The predicted octanol–water partition coefficient (Wildman–Crippen LogP) is 4.13. The molecule has 2 rings (SSSR count). The zero-order chi connectivity index (χ0) is 13.1.